The summed E-state index contributed by atoms with van der Waals surface area (Å²) in [5.41, 5.74) is 0.389. The summed E-state index contributed by atoms with van der Waals surface area (Å²) in [5.74, 6) is -0.121. The number of hydrogen-bond acceptors (Lipinski definition) is 3. The number of carbonyl (C=O) groups is 1. The minimum Gasteiger partial charge on any atom is -0.333 e. The van der Waals surface area contributed by atoms with E-state index in [2.05, 4.69) is 0 Å². The van der Waals surface area contributed by atoms with E-state index in [-0.39, 0.29) is 27.9 Å². The molecule has 0 spiro atoms. The highest BCUT2D eigenvalue weighted by Gasteiger charge is 2.35. The molecule has 1 aliphatic heterocycles. The van der Waals surface area contributed by atoms with Crippen molar-refractivity contribution in [2.45, 2.75) is 62.9 Å². The Kier molecular flexibility index (Phi) is 5.42. The van der Waals surface area contributed by atoms with Gasteiger partial charge in [0.2, 0.25) is 10.0 Å². The first kappa shape index (κ1) is 18.7. The van der Waals surface area contributed by atoms with Crippen molar-refractivity contribution in [2.24, 2.45) is 0 Å². The van der Waals surface area contributed by atoms with Gasteiger partial charge in [0.15, 0.2) is 0 Å². The van der Waals surface area contributed by atoms with Crippen molar-refractivity contribution in [1.29, 1.82) is 0 Å². The van der Waals surface area contributed by atoms with Crippen LogP contribution in [-0.4, -0.2) is 48.7 Å². The van der Waals surface area contributed by atoms with Crippen molar-refractivity contribution in [2.75, 3.05) is 13.1 Å². The van der Waals surface area contributed by atoms with Gasteiger partial charge in [0, 0.05) is 30.7 Å². The second-order valence-electron chi connectivity index (χ2n) is 7.15. The van der Waals surface area contributed by atoms with E-state index >= 15 is 0 Å². The molecule has 5 nitrogen and oxygen atoms in total. The maximum Gasteiger partial charge on any atom is 0.254 e. The zero-order valence-corrected chi connectivity index (χ0v) is 16.3. The maximum atomic E-state index is 12.9. The lowest BCUT2D eigenvalue weighted by atomic mass is 10.1. The summed E-state index contributed by atoms with van der Waals surface area (Å²) in [6.45, 7) is 4.99. The van der Waals surface area contributed by atoms with Crippen LogP contribution in [0.3, 0.4) is 0 Å². The summed E-state index contributed by atoms with van der Waals surface area (Å²) in [4.78, 5) is 14.8. The summed E-state index contributed by atoms with van der Waals surface area (Å²) in [5, 5.41) is 0.171. The SMILES string of the molecule is CC(C)N(C(=O)c1ccc(Cl)c(S(=O)(=O)N2CCCCC2)c1)C1CC1. The molecule has 138 valence electrons. The van der Waals surface area contributed by atoms with E-state index in [1.807, 2.05) is 18.7 Å². The van der Waals surface area contributed by atoms with E-state index < -0.39 is 10.0 Å². The smallest absolute Gasteiger partial charge is 0.254 e. The average molecular weight is 385 g/mol. The van der Waals surface area contributed by atoms with Crippen LogP contribution in [0.4, 0.5) is 0 Å². The Morgan fingerprint density at radius 2 is 1.84 bits per heavy atom. The number of benzene rings is 1. The van der Waals surface area contributed by atoms with Crippen molar-refractivity contribution in [1.82, 2.24) is 9.21 Å². The monoisotopic (exact) mass is 384 g/mol. The molecule has 3 rings (SSSR count). The molecule has 1 aromatic rings. The first-order valence-corrected chi connectivity index (χ1v) is 10.8. The number of rotatable bonds is 5. The molecule has 1 saturated heterocycles. The van der Waals surface area contributed by atoms with Gasteiger partial charge in [0.05, 0.1) is 5.02 Å². The molecule has 0 unspecified atom stereocenters. The van der Waals surface area contributed by atoms with Crippen LogP contribution in [0.1, 0.15) is 56.3 Å². The third kappa shape index (κ3) is 3.86. The summed E-state index contributed by atoms with van der Waals surface area (Å²) in [7, 11) is -3.67. The molecule has 2 aliphatic rings. The fourth-order valence-electron chi connectivity index (χ4n) is 3.40. The molecule has 7 heteroatoms. The lowest BCUT2D eigenvalue weighted by molar-refractivity contribution is 0.0690. The quantitative estimate of drug-likeness (QED) is 0.780. The van der Waals surface area contributed by atoms with Crippen LogP contribution in [0.25, 0.3) is 0 Å². The molecule has 0 atom stereocenters. The van der Waals surface area contributed by atoms with Crippen molar-refractivity contribution < 1.29 is 13.2 Å². The molecule has 1 saturated carbocycles. The van der Waals surface area contributed by atoms with Gasteiger partial charge in [-0.15, -0.1) is 0 Å². The fraction of sp³-hybridized carbons (Fsp3) is 0.611. The Hall–Kier alpha value is -1.11. The van der Waals surface area contributed by atoms with E-state index in [0.717, 1.165) is 32.1 Å². The third-order valence-corrected chi connectivity index (χ3v) is 7.22. The standard InChI is InChI=1S/C18H25ClN2O3S/c1-13(2)21(15-7-8-15)18(22)14-6-9-16(19)17(12-14)25(23,24)20-10-4-3-5-11-20/h6,9,12-13,15H,3-5,7-8,10-11H2,1-2H3. The van der Waals surface area contributed by atoms with Gasteiger partial charge in [0.1, 0.15) is 4.90 Å². The van der Waals surface area contributed by atoms with E-state index in [4.69, 9.17) is 11.6 Å². The van der Waals surface area contributed by atoms with Gasteiger partial charge in [-0.3, -0.25) is 4.79 Å². The number of hydrogen-bond donors (Lipinski definition) is 0. The molecule has 1 amide bonds. The second-order valence-corrected chi connectivity index (χ2v) is 9.46. The van der Waals surface area contributed by atoms with Gasteiger partial charge < -0.3 is 4.90 Å². The van der Waals surface area contributed by atoms with Gasteiger partial charge in [-0.05, 0) is 57.7 Å². The Morgan fingerprint density at radius 1 is 1.20 bits per heavy atom. The number of carbonyl (C=O) groups excluding carboxylic acids is 1. The normalized spacial score (nSPS) is 19.2. The Morgan fingerprint density at radius 3 is 2.40 bits per heavy atom. The summed E-state index contributed by atoms with van der Waals surface area (Å²) >= 11 is 6.19. The minimum absolute atomic E-state index is 0.0430. The number of halogens is 1. The van der Waals surface area contributed by atoms with Gasteiger partial charge in [-0.2, -0.15) is 4.31 Å². The number of piperidine rings is 1. The molecule has 0 aromatic heterocycles. The highest BCUT2D eigenvalue weighted by Crippen LogP contribution is 2.32. The zero-order valence-electron chi connectivity index (χ0n) is 14.7. The Bertz CT molecular complexity index is 752. The molecule has 25 heavy (non-hydrogen) atoms. The van der Waals surface area contributed by atoms with Crippen LogP contribution < -0.4 is 0 Å². The minimum atomic E-state index is -3.67. The van der Waals surface area contributed by atoms with Gasteiger partial charge in [-0.1, -0.05) is 18.0 Å². The van der Waals surface area contributed by atoms with Crippen LogP contribution in [0, 0.1) is 0 Å². The predicted octanol–water partition coefficient (Wildman–Crippen LogP) is 3.53. The predicted molar refractivity (Wildman–Crippen MR) is 98.4 cm³/mol. The largest absolute Gasteiger partial charge is 0.333 e. The van der Waals surface area contributed by atoms with Crippen LogP contribution in [-0.2, 0) is 10.0 Å². The lowest BCUT2D eigenvalue weighted by Gasteiger charge is -2.28. The molecule has 1 heterocycles. The Balaban J connectivity index is 1.93. The molecule has 0 N–H and O–H groups in total. The molecule has 2 fully saturated rings. The summed E-state index contributed by atoms with van der Waals surface area (Å²) < 4.78 is 27.4. The van der Waals surface area contributed by atoms with Gasteiger partial charge >= 0.3 is 0 Å². The van der Waals surface area contributed by atoms with E-state index in [9.17, 15) is 13.2 Å². The Labute approximate surface area is 155 Å². The third-order valence-electron chi connectivity index (χ3n) is 4.84. The highest BCUT2D eigenvalue weighted by molar-refractivity contribution is 7.89. The summed E-state index contributed by atoms with van der Waals surface area (Å²) in [6.07, 6.45) is 4.78. The highest BCUT2D eigenvalue weighted by atomic mass is 35.5. The lowest BCUT2D eigenvalue weighted by Crippen LogP contribution is -2.39. The summed E-state index contributed by atoms with van der Waals surface area (Å²) in [6, 6.07) is 4.95. The van der Waals surface area contributed by atoms with Crippen LogP contribution in [0.15, 0.2) is 23.1 Å². The van der Waals surface area contributed by atoms with Crippen LogP contribution >= 0.6 is 11.6 Å². The van der Waals surface area contributed by atoms with Gasteiger partial charge in [0.25, 0.3) is 5.91 Å². The number of sulfonamides is 1. The second kappa shape index (κ2) is 7.25. The molecular weight excluding hydrogens is 360 g/mol. The molecule has 0 bridgehead atoms. The van der Waals surface area contributed by atoms with Crippen LogP contribution in [0.5, 0.6) is 0 Å². The van der Waals surface area contributed by atoms with Gasteiger partial charge in [-0.25, -0.2) is 8.42 Å². The van der Waals surface area contributed by atoms with E-state index in [1.165, 1.54) is 16.4 Å². The van der Waals surface area contributed by atoms with Crippen molar-refractivity contribution in [3.63, 3.8) is 0 Å². The van der Waals surface area contributed by atoms with Crippen molar-refractivity contribution >= 4 is 27.5 Å². The van der Waals surface area contributed by atoms with Crippen molar-refractivity contribution in [3.05, 3.63) is 28.8 Å². The first-order chi connectivity index (χ1) is 11.8. The zero-order chi connectivity index (χ0) is 18.2. The molecule has 0 radical (unpaired) electrons. The first-order valence-electron chi connectivity index (χ1n) is 8.94. The van der Waals surface area contributed by atoms with E-state index in [0.29, 0.717) is 18.7 Å². The molecule has 1 aliphatic carbocycles. The van der Waals surface area contributed by atoms with Crippen LogP contribution in [0.2, 0.25) is 5.02 Å². The fourth-order valence-corrected chi connectivity index (χ4v) is 5.42. The molecular formula is C18H25ClN2O3S. The maximum absolute atomic E-state index is 12.9. The average Bonchev–Trinajstić information content (AvgIpc) is 3.40. The number of amides is 1. The topological polar surface area (TPSA) is 57.7 Å². The number of nitrogens with zero attached hydrogens (tertiary/aromatic N) is 2. The molecule has 1 aromatic carbocycles. The van der Waals surface area contributed by atoms with E-state index in [1.54, 1.807) is 6.07 Å². The van der Waals surface area contributed by atoms with Crippen molar-refractivity contribution in [3.8, 4) is 0 Å².